The molecule has 0 aromatic heterocycles. The van der Waals surface area contributed by atoms with Crippen molar-refractivity contribution >= 4 is 27.6 Å². The van der Waals surface area contributed by atoms with Gasteiger partial charge in [-0.25, -0.2) is 0 Å². The predicted octanol–water partition coefficient (Wildman–Crippen LogP) is 20.2. The van der Waals surface area contributed by atoms with Gasteiger partial charge in [-0.3, -0.25) is 24.4 Å². The highest BCUT2D eigenvalue weighted by atomic mass is 33.1. The summed E-state index contributed by atoms with van der Waals surface area (Å²) in [6.07, 6.45) is 75.5. The van der Waals surface area contributed by atoms with Gasteiger partial charge in [-0.05, 0) is 122 Å². The maximum Gasteiger partial charge on any atom is 0.305 e. The predicted molar refractivity (Wildman–Crippen MR) is 406 cm³/mol. The molecule has 1 saturated heterocycles. The van der Waals surface area contributed by atoms with Crippen LogP contribution in [0.5, 0.6) is 0 Å². The Morgan fingerprint density at radius 2 is 0.707 bits per heavy atom. The van der Waals surface area contributed by atoms with Gasteiger partial charge in [0.15, 0.2) is 0 Å². The van der Waals surface area contributed by atoms with Crippen LogP contribution in [0.3, 0.4) is 0 Å². The Morgan fingerprint density at radius 3 is 1.10 bits per heavy atom. The molecule has 1 fully saturated rings. The molecule has 0 aromatic carbocycles. The Kier molecular flexibility index (Phi) is 67.8. The quantitative estimate of drug-likeness (QED) is 0.0201. The van der Waals surface area contributed by atoms with Crippen LogP contribution in [0, 0.1) is 0 Å². The molecule has 1 rings (SSSR count). The van der Waals surface area contributed by atoms with Gasteiger partial charge < -0.3 is 25.2 Å². The fourth-order valence-electron chi connectivity index (χ4n) is 12.3. The summed E-state index contributed by atoms with van der Waals surface area (Å²) in [6.45, 7) is 19.2. The molecule has 0 spiro atoms. The van der Waals surface area contributed by atoms with Crippen LogP contribution in [-0.2, 0) is 9.53 Å². The Labute approximate surface area is 578 Å². The number of unbranched alkanes of at least 4 members (excludes halogenated alkanes) is 27. The van der Waals surface area contributed by atoms with Gasteiger partial charge in [0.05, 0.1) is 24.4 Å². The molecule has 92 heavy (non-hydrogen) atoms. The Hall–Kier alpha value is -1.71. The summed E-state index contributed by atoms with van der Waals surface area (Å²) >= 11 is 0. The minimum absolute atomic E-state index is 0.156. The molecule has 0 radical (unpaired) electrons. The van der Waals surface area contributed by atoms with Crippen LogP contribution < -0.4 is 0 Å². The number of esters is 1. The van der Waals surface area contributed by atoms with E-state index < -0.39 is 12.2 Å². The van der Waals surface area contributed by atoms with Gasteiger partial charge >= 0.3 is 5.97 Å². The number of aliphatic hydroxyl groups is 4. The third-order valence-corrected chi connectivity index (χ3v) is 20.5. The summed E-state index contributed by atoms with van der Waals surface area (Å²) < 4.78 is 5.76. The maximum atomic E-state index is 13.0. The molecule has 0 saturated carbocycles. The van der Waals surface area contributed by atoms with Crippen molar-refractivity contribution in [3.63, 3.8) is 0 Å². The monoisotopic (exact) mass is 1330 g/mol. The molecule has 1 aliphatic rings. The van der Waals surface area contributed by atoms with Crippen LogP contribution >= 0.6 is 21.6 Å². The number of rotatable bonds is 70. The Bertz CT molecular complexity index is 1630. The fourth-order valence-corrected chi connectivity index (χ4v) is 14.5. The number of hydrogen-bond acceptors (Lipinski definition) is 12. The molecule has 0 amide bonds. The van der Waals surface area contributed by atoms with Gasteiger partial charge in [-0.1, -0.05) is 289 Å². The van der Waals surface area contributed by atoms with Crippen LogP contribution in [-0.4, -0.2) is 167 Å². The summed E-state index contributed by atoms with van der Waals surface area (Å²) in [5.74, 6) is 2.09. The first-order valence-corrected chi connectivity index (χ1v) is 41.6. The van der Waals surface area contributed by atoms with Crippen LogP contribution in [0.15, 0.2) is 72.9 Å². The number of nitrogens with zero attached hydrogens (tertiary/aromatic N) is 4. The van der Waals surface area contributed by atoms with Gasteiger partial charge in [0.1, 0.15) is 6.61 Å². The zero-order valence-corrected chi connectivity index (χ0v) is 62.3. The van der Waals surface area contributed by atoms with E-state index in [4.69, 9.17) is 4.74 Å². The minimum Gasteiger partial charge on any atom is -0.464 e. The summed E-state index contributed by atoms with van der Waals surface area (Å²) in [5.41, 5.74) is 0. The molecule has 12 heteroatoms. The van der Waals surface area contributed by atoms with Crippen molar-refractivity contribution in [2.75, 3.05) is 96.6 Å². The van der Waals surface area contributed by atoms with E-state index in [1.165, 1.54) is 141 Å². The third kappa shape index (κ3) is 63.1. The van der Waals surface area contributed by atoms with Crippen LogP contribution in [0.25, 0.3) is 0 Å². The van der Waals surface area contributed by atoms with Gasteiger partial charge in [-0.15, -0.1) is 0 Å². The molecule has 0 aromatic rings. The van der Waals surface area contributed by atoms with Crippen molar-refractivity contribution in [1.82, 2.24) is 19.6 Å². The first-order chi connectivity index (χ1) is 45.2. The van der Waals surface area contributed by atoms with Crippen molar-refractivity contribution in [3.05, 3.63) is 72.9 Å². The standard InChI is InChI=1S/C80H150N4O6S2/c1-5-9-13-17-21-25-29-31-33-35-39-43-47-51-58-78(87)74-84(75-79(88)59-52-48-44-40-36-34-32-30-26-22-18-14-10-6-2)62-55-60-80(89)90-69-67-81-63-65-82(66-64-81)68-71-92-91-70-54-53-61-83(72-76(85)56-49-45-41-37-27-23-19-15-11-7-3)73-77(86)57-50-46-42-38-28-24-20-16-12-8-4/h9-10,13-14,21-22,25-26,31-34,76-79,85-88H,5-8,11-12,15-20,23-24,27-30,35-75H2,1-4H3/b13-9-,14-10-,25-21-,26-22-,33-31-,34-32-. The second kappa shape index (κ2) is 70.6. The van der Waals surface area contributed by atoms with E-state index in [1.54, 1.807) is 0 Å². The van der Waals surface area contributed by atoms with E-state index in [-0.39, 0.29) is 18.2 Å². The van der Waals surface area contributed by atoms with Gasteiger partial charge in [0.2, 0.25) is 0 Å². The molecule has 0 bridgehead atoms. The second-order valence-electron chi connectivity index (χ2n) is 27.0. The van der Waals surface area contributed by atoms with E-state index >= 15 is 0 Å². The Balaban J connectivity index is 2.43. The molecule has 4 unspecified atom stereocenters. The lowest BCUT2D eigenvalue weighted by Gasteiger charge is -2.34. The van der Waals surface area contributed by atoms with Gasteiger partial charge in [0, 0.05) is 83.4 Å². The molecule has 538 valence electrons. The maximum absolute atomic E-state index is 13.0. The Morgan fingerprint density at radius 1 is 0.380 bits per heavy atom. The van der Waals surface area contributed by atoms with Crippen molar-refractivity contribution in [3.8, 4) is 0 Å². The van der Waals surface area contributed by atoms with E-state index in [9.17, 15) is 25.2 Å². The number of allylic oxidation sites excluding steroid dienone is 12. The number of aliphatic hydroxyl groups excluding tert-OH is 4. The highest BCUT2D eigenvalue weighted by Gasteiger charge is 2.20. The first-order valence-electron chi connectivity index (χ1n) is 39.1. The molecule has 1 heterocycles. The normalized spacial score (nSPS) is 15.2. The lowest BCUT2D eigenvalue weighted by molar-refractivity contribution is -0.144. The van der Waals surface area contributed by atoms with E-state index in [0.29, 0.717) is 52.2 Å². The van der Waals surface area contributed by atoms with Crippen molar-refractivity contribution in [2.24, 2.45) is 0 Å². The zero-order chi connectivity index (χ0) is 66.5. The lowest BCUT2D eigenvalue weighted by Crippen LogP contribution is -2.47. The topological polar surface area (TPSA) is 120 Å². The van der Waals surface area contributed by atoms with E-state index in [2.05, 4.69) is 120 Å². The zero-order valence-electron chi connectivity index (χ0n) is 60.7. The number of carbonyl (C=O) groups excluding carboxylic acids is 1. The largest absolute Gasteiger partial charge is 0.464 e. The molecule has 0 aliphatic carbocycles. The molecule has 10 nitrogen and oxygen atoms in total. The average Bonchev–Trinajstić information content (AvgIpc) is 3.05. The number of hydrogen-bond donors (Lipinski definition) is 4. The second-order valence-corrected chi connectivity index (χ2v) is 29.7. The summed E-state index contributed by atoms with van der Waals surface area (Å²) in [7, 11) is 3.98. The molecular formula is C80H150N4O6S2. The number of carbonyl (C=O) groups is 1. The fraction of sp³-hybridized carbons (Fsp3) is 0.838. The number of ether oxygens (including phenoxy) is 1. The average molecular weight is 1330 g/mol. The molecule has 4 N–H and O–H groups in total. The van der Waals surface area contributed by atoms with Crippen LogP contribution in [0.4, 0.5) is 0 Å². The number of piperazine rings is 1. The van der Waals surface area contributed by atoms with Gasteiger partial charge in [-0.2, -0.15) is 0 Å². The smallest absolute Gasteiger partial charge is 0.305 e. The summed E-state index contributed by atoms with van der Waals surface area (Å²) in [5, 5.41) is 44.6. The van der Waals surface area contributed by atoms with Crippen LogP contribution in [0.2, 0.25) is 0 Å². The van der Waals surface area contributed by atoms with E-state index in [1.807, 2.05) is 21.6 Å². The van der Waals surface area contributed by atoms with E-state index in [0.717, 1.165) is 186 Å². The first kappa shape index (κ1) is 88.3. The molecule has 1 aliphatic heterocycles. The van der Waals surface area contributed by atoms with Crippen molar-refractivity contribution < 1.29 is 30.0 Å². The van der Waals surface area contributed by atoms with Gasteiger partial charge in [0.25, 0.3) is 0 Å². The summed E-state index contributed by atoms with van der Waals surface area (Å²) in [4.78, 5) is 22.5. The summed E-state index contributed by atoms with van der Waals surface area (Å²) in [6, 6.07) is 0. The highest BCUT2D eigenvalue weighted by Crippen LogP contribution is 2.24. The SMILES string of the molecule is CC/C=C\C/C=C\C/C=C\CCCCCCC(O)CN(CCCC(=O)OCCN1CCN(CCSSCCCCN(CC(O)CCCCCCCCCCCC)CC(O)CCCCCCCCCCCC)CC1)CC(O)CCCCCC/C=C\C/C=C\C/C=C\CC. The molecular weight excluding hydrogens is 1180 g/mol. The minimum atomic E-state index is -0.447. The van der Waals surface area contributed by atoms with Crippen molar-refractivity contribution in [2.45, 2.75) is 335 Å². The van der Waals surface area contributed by atoms with Crippen LogP contribution in [0.1, 0.15) is 310 Å². The highest BCUT2D eigenvalue weighted by molar-refractivity contribution is 8.76. The third-order valence-electron chi connectivity index (χ3n) is 18.1. The lowest BCUT2D eigenvalue weighted by atomic mass is 10.0. The van der Waals surface area contributed by atoms with Crippen molar-refractivity contribution in [1.29, 1.82) is 0 Å². The molecule has 4 atom stereocenters.